The molecule has 3 nitrogen and oxygen atoms in total. The number of halogens is 1. The molecule has 100 valence electrons. The van der Waals surface area contributed by atoms with Crippen LogP contribution in [0.5, 0.6) is 0 Å². The summed E-state index contributed by atoms with van der Waals surface area (Å²) in [6.07, 6.45) is 1.00. The zero-order valence-electron chi connectivity index (χ0n) is 11.0. The maximum absolute atomic E-state index is 12.2. The van der Waals surface area contributed by atoms with Gasteiger partial charge < -0.3 is 10.6 Å². The molecular weight excluding hydrogens is 248 g/mol. The lowest BCUT2D eigenvalue weighted by atomic mass is 9.90. The topological polar surface area (TPSA) is 46.3 Å². The highest BCUT2D eigenvalue weighted by Gasteiger charge is 2.34. The van der Waals surface area contributed by atoms with Crippen LogP contribution in [-0.4, -0.2) is 30.4 Å². The van der Waals surface area contributed by atoms with Crippen LogP contribution in [0, 0.1) is 12.3 Å². The first-order valence-electron chi connectivity index (χ1n) is 6.10. The van der Waals surface area contributed by atoms with Crippen molar-refractivity contribution < 1.29 is 4.79 Å². The number of aryl methyl sites for hydroxylation is 1. The van der Waals surface area contributed by atoms with Gasteiger partial charge in [0.05, 0.1) is 0 Å². The zero-order valence-corrected chi connectivity index (χ0v) is 11.8. The van der Waals surface area contributed by atoms with Crippen molar-refractivity contribution in [1.82, 2.24) is 4.90 Å². The molecule has 1 heterocycles. The molecule has 1 amide bonds. The second kappa shape index (κ2) is 5.72. The van der Waals surface area contributed by atoms with Crippen LogP contribution in [0.3, 0.4) is 0 Å². The van der Waals surface area contributed by atoms with Crippen LogP contribution in [-0.2, 0) is 0 Å². The van der Waals surface area contributed by atoms with Crippen LogP contribution in [0.2, 0.25) is 0 Å². The highest BCUT2D eigenvalue weighted by atomic mass is 35.5. The molecule has 1 aliphatic rings. The maximum atomic E-state index is 12.2. The Hall–Kier alpha value is -1.06. The van der Waals surface area contributed by atoms with Crippen LogP contribution in [0.15, 0.2) is 24.3 Å². The molecule has 1 aromatic rings. The van der Waals surface area contributed by atoms with E-state index in [9.17, 15) is 4.79 Å². The average molecular weight is 269 g/mol. The van der Waals surface area contributed by atoms with Gasteiger partial charge in [-0.2, -0.15) is 0 Å². The molecule has 0 aliphatic carbocycles. The van der Waals surface area contributed by atoms with Crippen molar-refractivity contribution in [3.05, 3.63) is 35.4 Å². The monoisotopic (exact) mass is 268 g/mol. The number of hydrogen-bond donors (Lipinski definition) is 1. The molecule has 0 radical (unpaired) electrons. The Balaban J connectivity index is 0.00000162. The highest BCUT2D eigenvalue weighted by molar-refractivity contribution is 5.94. The fourth-order valence-corrected chi connectivity index (χ4v) is 2.24. The van der Waals surface area contributed by atoms with Gasteiger partial charge in [0.25, 0.3) is 5.91 Å². The molecule has 2 rings (SSSR count). The molecule has 18 heavy (non-hydrogen) atoms. The number of nitrogens with two attached hydrogens (primary N) is 1. The van der Waals surface area contributed by atoms with E-state index in [0.29, 0.717) is 6.54 Å². The van der Waals surface area contributed by atoms with E-state index in [2.05, 4.69) is 6.92 Å². The quantitative estimate of drug-likeness (QED) is 0.894. The number of likely N-dealkylation sites (tertiary alicyclic amines) is 1. The lowest BCUT2D eigenvalue weighted by molar-refractivity contribution is 0.0777. The lowest BCUT2D eigenvalue weighted by Gasteiger charge is -2.22. The van der Waals surface area contributed by atoms with E-state index >= 15 is 0 Å². The fourth-order valence-electron chi connectivity index (χ4n) is 2.24. The minimum absolute atomic E-state index is 0. The van der Waals surface area contributed by atoms with Crippen LogP contribution in [0.4, 0.5) is 0 Å². The first-order valence-corrected chi connectivity index (χ1v) is 6.10. The first-order chi connectivity index (χ1) is 8.04. The van der Waals surface area contributed by atoms with E-state index in [4.69, 9.17) is 5.73 Å². The van der Waals surface area contributed by atoms with Gasteiger partial charge in [0.15, 0.2) is 0 Å². The lowest BCUT2D eigenvalue weighted by Crippen LogP contribution is -2.34. The third-order valence-corrected chi connectivity index (χ3v) is 3.64. The van der Waals surface area contributed by atoms with Gasteiger partial charge in [0.1, 0.15) is 0 Å². The molecule has 0 aromatic heterocycles. The van der Waals surface area contributed by atoms with Gasteiger partial charge in [-0.3, -0.25) is 4.79 Å². The Labute approximate surface area is 115 Å². The van der Waals surface area contributed by atoms with Gasteiger partial charge in [0.2, 0.25) is 0 Å². The summed E-state index contributed by atoms with van der Waals surface area (Å²) in [6, 6.07) is 7.75. The summed E-state index contributed by atoms with van der Waals surface area (Å²) < 4.78 is 0. The molecule has 2 N–H and O–H groups in total. The smallest absolute Gasteiger partial charge is 0.253 e. The normalized spacial score (nSPS) is 22.7. The number of carbonyl (C=O) groups is 1. The van der Waals surface area contributed by atoms with Crippen LogP contribution in [0.25, 0.3) is 0 Å². The largest absolute Gasteiger partial charge is 0.338 e. The highest BCUT2D eigenvalue weighted by Crippen LogP contribution is 2.29. The van der Waals surface area contributed by atoms with Gasteiger partial charge in [-0.05, 0) is 37.4 Å². The van der Waals surface area contributed by atoms with Gasteiger partial charge in [-0.15, -0.1) is 12.4 Å². The Morgan fingerprint density at radius 1 is 1.39 bits per heavy atom. The summed E-state index contributed by atoms with van der Waals surface area (Å²) in [5, 5.41) is 0. The minimum atomic E-state index is 0. The van der Waals surface area contributed by atoms with E-state index in [0.717, 1.165) is 25.1 Å². The summed E-state index contributed by atoms with van der Waals surface area (Å²) in [6.45, 7) is 6.41. The molecule has 0 bridgehead atoms. The van der Waals surface area contributed by atoms with Gasteiger partial charge in [-0.25, -0.2) is 0 Å². The van der Waals surface area contributed by atoms with Crippen molar-refractivity contribution in [3.8, 4) is 0 Å². The number of carbonyl (C=O) groups excluding carboxylic acids is 1. The van der Waals surface area contributed by atoms with Crippen molar-refractivity contribution in [3.63, 3.8) is 0 Å². The standard InChI is InChI=1S/C14H20N2O.ClH/c1-11-3-5-12(6-4-11)13(17)16-8-7-14(2,9-15)10-16;/h3-6H,7-10,15H2,1-2H3;1H. The van der Waals surface area contributed by atoms with Gasteiger partial charge in [-0.1, -0.05) is 24.6 Å². The molecule has 1 saturated heterocycles. The van der Waals surface area contributed by atoms with E-state index in [1.807, 2.05) is 36.1 Å². The minimum Gasteiger partial charge on any atom is -0.338 e. The molecule has 1 fully saturated rings. The van der Waals surface area contributed by atoms with Crippen LogP contribution >= 0.6 is 12.4 Å². The summed E-state index contributed by atoms with van der Waals surface area (Å²) >= 11 is 0. The molecule has 0 spiro atoms. The van der Waals surface area contributed by atoms with Crippen molar-refractivity contribution >= 4 is 18.3 Å². The predicted molar refractivity (Wildman–Crippen MR) is 76.1 cm³/mol. The van der Waals surface area contributed by atoms with E-state index < -0.39 is 0 Å². The van der Waals surface area contributed by atoms with E-state index in [1.54, 1.807) is 0 Å². The summed E-state index contributed by atoms with van der Waals surface area (Å²) in [5.41, 5.74) is 7.80. The Morgan fingerprint density at radius 3 is 2.50 bits per heavy atom. The Bertz CT molecular complexity index is 418. The van der Waals surface area contributed by atoms with Crippen LogP contribution in [0.1, 0.15) is 29.3 Å². The number of rotatable bonds is 2. The second-order valence-corrected chi connectivity index (χ2v) is 5.36. The summed E-state index contributed by atoms with van der Waals surface area (Å²) in [7, 11) is 0. The van der Waals surface area contributed by atoms with E-state index in [-0.39, 0.29) is 23.7 Å². The van der Waals surface area contributed by atoms with Gasteiger partial charge >= 0.3 is 0 Å². The molecule has 4 heteroatoms. The summed E-state index contributed by atoms with van der Waals surface area (Å²) in [5.74, 6) is 0.127. The summed E-state index contributed by atoms with van der Waals surface area (Å²) in [4.78, 5) is 14.2. The van der Waals surface area contributed by atoms with Gasteiger partial charge in [0, 0.05) is 18.7 Å². The van der Waals surface area contributed by atoms with Crippen molar-refractivity contribution in [2.75, 3.05) is 19.6 Å². The fraction of sp³-hybridized carbons (Fsp3) is 0.500. The number of amides is 1. The second-order valence-electron chi connectivity index (χ2n) is 5.36. The van der Waals surface area contributed by atoms with E-state index in [1.165, 1.54) is 5.56 Å². The SMILES string of the molecule is Cc1ccc(C(=O)N2CCC(C)(CN)C2)cc1.Cl. The molecular formula is C14H21ClN2O. The average Bonchev–Trinajstić information content (AvgIpc) is 2.73. The molecule has 1 unspecified atom stereocenters. The van der Waals surface area contributed by atoms with Crippen LogP contribution < -0.4 is 5.73 Å². The molecule has 1 aromatic carbocycles. The number of benzene rings is 1. The molecule has 0 saturated carbocycles. The molecule has 1 aliphatic heterocycles. The third-order valence-electron chi connectivity index (χ3n) is 3.64. The number of nitrogens with zero attached hydrogens (tertiary/aromatic N) is 1. The molecule has 1 atom stereocenters. The van der Waals surface area contributed by atoms with Crippen molar-refractivity contribution in [2.24, 2.45) is 11.1 Å². The Kier molecular flexibility index (Phi) is 4.77. The first kappa shape index (κ1) is 15.0. The maximum Gasteiger partial charge on any atom is 0.253 e. The van der Waals surface area contributed by atoms with Crippen molar-refractivity contribution in [1.29, 1.82) is 0 Å². The predicted octanol–water partition coefficient (Wildman–Crippen LogP) is 2.23. The Morgan fingerprint density at radius 2 is 2.00 bits per heavy atom. The third kappa shape index (κ3) is 3.03. The van der Waals surface area contributed by atoms with Crippen molar-refractivity contribution in [2.45, 2.75) is 20.3 Å². The zero-order chi connectivity index (χ0) is 12.5. The number of hydrogen-bond acceptors (Lipinski definition) is 2.